The number of nitrogens with one attached hydrogen (secondary N) is 2. The number of aryl methyl sites for hydroxylation is 1. The predicted molar refractivity (Wildman–Crippen MR) is 116 cm³/mol. The summed E-state index contributed by atoms with van der Waals surface area (Å²) in [6.45, 7) is 3.70. The van der Waals surface area contributed by atoms with E-state index in [2.05, 4.69) is 15.3 Å². The number of carbonyl (C=O) groups is 2. The quantitative estimate of drug-likeness (QED) is 0.504. The minimum Gasteiger partial charge on any atom is -0.361 e. The first-order chi connectivity index (χ1) is 14.0. The molecule has 29 heavy (non-hydrogen) atoms. The Morgan fingerprint density at radius 3 is 2.69 bits per heavy atom. The molecule has 0 saturated heterocycles. The van der Waals surface area contributed by atoms with E-state index in [0.29, 0.717) is 27.9 Å². The van der Waals surface area contributed by atoms with E-state index in [4.69, 9.17) is 0 Å². The molecule has 6 nitrogen and oxygen atoms in total. The van der Waals surface area contributed by atoms with E-state index < -0.39 is 0 Å². The van der Waals surface area contributed by atoms with Crippen LogP contribution in [0.2, 0.25) is 0 Å². The topological polar surface area (TPSA) is 78.1 Å². The zero-order chi connectivity index (χ0) is 20.4. The summed E-state index contributed by atoms with van der Waals surface area (Å²) < 4.78 is 0. The van der Waals surface area contributed by atoms with Crippen LogP contribution < -0.4 is 10.2 Å². The molecule has 0 aliphatic heterocycles. The molecule has 146 valence electrons. The van der Waals surface area contributed by atoms with E-state index in [9.17, 15) is 9.59 Å². The number of aromatic amines is 1. The van der Waals surface area contributed by atoms with Crippen molar-refractivity contribution in [3.8, 4) is 0 Å². The first-order valence-electron chi connectivity index (χ1n) is 9.19. The number of fused-ring (bicyclic) bond motifs is 1. The van der Waals surface area contributed by atoms with Crippen molar-refractivity contribution >= 4 is 44.9 Å². The number of carbonyl (C=O) groups excluding carboxylic acids is 2. The van der Waals surface area contributed by atoms with Gasteiger partial charge in [0.25, 0.3) is 5.91 Å². The summed E-state index contributed by atoms with van der Waals surface area (Å²) in [7, 11) is 0. The summed E-state index contributed by atoms with van der Waals surface area (Å²) in [5, 5.41) is 4.52. The normalized spacial score (nSPS) is 10.8. The largest absolute Gasteiger partial charge is 0.361 e. The van der Waals surface area contributed by atoms with Crippen LogP contribution >= 0.6 is 11.3 Å². The van der Waals surface area contributed by atoms with Crippen LogP contribution in [-0.4, -0.2) is 21.8 Å². The summed E-state index contributed by atoms with van der Waals surface area (Å²) in [5.74, 6) is -0.355. The van der Waals surface area contributed by atoms with Crippen molar-refractivity contribution in [1.82, 2.24) is 9.97 Å². The van der Waals surface area contributed by atoms with Gasteiger partial charge >= 0.3 is 0 Å². The maximum Gasteiger partial charge on any atom is 0.267 e. The summed E-state index contributed by atoms with van der Waals surface area (Å²) in [6, 6.07) is 17.4. The molecular weight excluding hydrogens is 384 g/mol. The lowest BCUT2D eigenvalue weighted by Gasteiger charge is -2.17. The summed E-state index contributed by atoms with van der Waals surface area (Å²) in [4.78, 5) is 34.7. The third-order valence-electron chi connectivity index (χ3n) is 4.60. The van der Waals surface area contributed by atoms with Crippen molar-refractivity contribution in [3.05, 3.63) is 76.9 Å². The van der Waals surface area contributed by atoms with Gasteiger partial charge in [0.1, 0.15) is 4.88 Å². The average molecular weight is 404 g/mol. The Balaban J connectivity index is 1.56. The predicted octanol–water partition coefficient (Wildman–Crippen LogP) is 4.74. The highest BCUT2D eigenvalue weighted by molar-refractivity contribution is 7.17. The molecule has 2 heterocycles. The van der Waals surface area contributed by atoms with E-state index in [0.717, 1.165) is 16.5 Å². The molecule has 0 saturated carbocycles. The van der Waals surface area contributed by atoms with Crippen LogP contribution in [-0.2, 0) is 11.3 Å². The Hall–Kier alpha value is -3.45. The van der Waals surface area contributed by atoms with E-state index in [-0.39, 0.29) is 11.8 Å². The van der Waals surface area contributed by atoms with Gasteiger partial charge in [0.05, 0.1) is 12.2 Å². The SMILES string of the molecule is CC(=O)N(Cc1ccccc1)c1nc(C)c(C(=O)Nc2ccc3cc[nH]c3c2)s1. The van der Waals surface area contributed by atoms with E-state index in [1.165, 1.54) is 18.3 Å². The van der Waals surface area contributed by atoms with Gasteiger partial charge in [-0.3, -0.25) is 14.5 Å². The highest BCUT2D eigenvalue weighted by Gasteiger charge is 2.21. The van der Waals surface area contributed by atoms with Gasteiger partial charge in [0, 0.05) is 24.3 Å². The minimum atomic E-state index is -0.236. The Morgan fingerprint density at radius 2 is 1.93 bits per heavy atom. The molecule has 2 amide bonds. The number of hydrogen-bond acceptors (Lipinski definition) is 4. The van der Waals surface area contributed by atoms with Crippen molar-refractivity contribution in [3.63, 3.8) is 0 Å². The first kappa shape index (κ1) is 18.9. The third-order valence-corrected chi connectivity index (χ3v) is 5.78. The lowest BCUT2D eigenvalue weighted by molar-refractivity contribution is -0.116. The second-order valence-electron chi connectivity index (χ2n) is 6.74. The standard InChI is InChI=1S/C22H20N4O2S/c1-14-20(21(28)25-18-9-8-17-10-11-23-19(17)12-18)29-22(24-14)26(15(2)27)13-16-6-4-3-5-7-16/h3-12,23H,13H2,1-2H3,(H,25,28). The number of anilines is 2. The number of aromatic nitrogens is 2. The molecular formula is C22H20N4O2S. The zero-order valence-corrected chi connectivity index (χ0v) is 16.9. The second kappa shape index (κ2) is 7.89. The fourth-order valence-corrected chi connectivity index (χ4v) is 4.11. The number of hydrogen-bond donors (Lipinski definition) is 2. The molecule has 2 N–H and O–H groups in total. The first-order valence-corrected chi connectivity index (χ1v) is 10.0. The Bertz CT molecular complexity index is 1180. The van der Waals surface area contributed by atoms with Gasteiger partial charge in [-0.15, -0.1) is 0 Å². The van der Waals surface area contributed by atoms with Gasteiger partial charge < -0.3 is 10.3 Å². The Morgan fingerprint density at radius 1 is 1.14 bits per heavy atom. The van der Waals surface area contributed by atoms with Crippen molar-refractivity contribution < 1.29 is 9.59 Å². The van der Waals surface area contributed by atoms with Gasteiger partial charge in [-0.2, -0.15) is 0 Å². The van der Waals surface area contributed by atoms with E-state index >= 15 is 0 Å². The van der Waals surface area contributed by atoms with E-state index in [1.807, 2.05) is 60.8 Å². The van der Waals surface area contributed by atoms with Crippen molar-refractivity contribution in [2.75, 3.05) is 10.2 Å². The van der Waals surface area contributed by atoms with Crippen LogP contribution in [0.1, 0.15) is 27.9 Å². The van der Waals surface area contributed by atoms with Gasteiger partial charge in [-0.25, -0.2) is 4.98 Å². The van der Waals surface area contributed by atoms with Crippen LogP contribution in [0.4, 0.5) is 10.8 Å². The molecule has 0 bridgehead atoms. The smallest absolute Gasteiger partial charge is 0.267 e. The summed E-state index contributed by atoms with van der Waals surface area (Å²) >= 11 is 1.22. The van der Waals surface area contributed by atoms with Crippen LogP contribution in [0.3, 0.4) is 0 Å². The molecule has 2 aromatic heterocycles. The molecule has 0 aliphatic carbocycles. The second-order valence-corrected chi connectivity index (χ2v) is 7.71. The van der Waals surface area contributed by atoms with Gasteiger partial charge in [0.2, 0.25) is 5.91 Å². The van der Waals surface area contributed by atoms with Crippen LogP contribution in [0, 0.1) is 6.92 Å². The molecule has 2 aromatic carbocycles. The van der Waals surface area contributed by atoms with Crippen molar-refractivity contribution in [2.24, 2.45) is 0 Å². The summed E-state index contributed by atoms with van der Waals surface area (Å²) in [6.07, 6.45) is 1.86. The maximum absolute atomic E-state index is 12.8. The zero-order valence-electron chi connectivity index (χ0n) is 16.1. The molecule has 4 aromatic rings. The number of benzene rings is 2. The van der Waals surface area contributed by atoms with Crippen molar-refractivity contribution in [2.45, 2.75) is 20.4 Å². The van der Waals surface area contributed by atoms with Crippen LogP contribution in [0.5, 0.6) is 0 Å². The fourth-order valence-electron chi connectivity index (χ4n) is 3.10. The van der Waals surface area contributed by atoms with Crippen LogP contribution in [0.25, 0.3) is 10.9 Å². The van der Waals surface area contributed by atoms with E-state index in [1.54, 1.807) is 11.8 Å². The Kier molecular flexibility index (Phi) is 5.14. The molecule has 0 atom stereocenters. The average Bonchev–Trinajstić information content (AvgIpc) is 3.32. The molecule has 0 aliphatic rings. The monoisotopic (exact) mass is 404 g/mol. The maximum atomic E-state index is 12.8. The molecule has 0 radical (unpaired) electrons. The number of rotatable bonds is 5. The lowest BCUT2D eigenvalue weighted by atomic mass is 10.2. The highest BCUT2D eigenvalue weighted by Crippen LogP contribution is 2.28. The minimum absolute atomic E-state index is 0.119. The van der Waals surface area contributed by atoms with Crippen molar-refractivity contribution in [1.29, 1.82) is 0 Å². The lowest BCUT2D eigenvalue weighted by Crippen LogP contribution is -2.27. The van der Waals surface area contributed by atoms with Gasteiger partial charge in [0.15, 0.2) is 5.13 Å². The molecule has 0 fully saturated rings. The Labute approximate surface area is 172 Å². The van der Waals surface area contributed by atoms with Crippen LogP contribution in [0.15, 0.2) is 60.8 Å². The molecule has 0 unspecified atom stereocenters. The molecule has 0 spiro atoms. The summed E-state index contributed by atoms with van der Waals surface area (Å²) in [5.41, 5.74) is 3.26. The highest BCUT2D eigenvalue weighted by atomic mass is 32.1. The molecule has 7 heteroatoms. The fraction of sp³-hybridized carbons (Fsp3) is 0.136. The number of H-pyrrole nitrogens is 1. The number of thiazole rings is 1. The van der Waals surface area contributed by atoms with Gasteiger partial charge in [-0.1, -0.05) is 47.7 Å². The number of amides is 2. The van der Waals surface area contributed by atoms with Gasteiger partial charge in [-0.05, 0) is 36.1 Å². The number of nitrogens with zero attached hydrogens (tertiary/aromatic N) is 2. The third kappa shape index (κ3) is 4.05. The molecule has 4 rings (SSSR count).